The summed E-state index contributed by atoms with van der Waals surface area (Å²) in [6, 6.07) is 5.23. The van der Waals surface area contributed by atoms with Crippen LogP contribution in [0.1, 0.15) is 13.8 Å². The second-order valence-electron chi connectivity index (χ2n) is 3.87. The van der Waals surface area contributed by atoms with Gasteiger partial charge in [0.05, 0.1) is 10.4 Å². The standard InChI is InChI=1S/C11H13NO3S/c1-4-11(2,3)12-16(14,15)10-7-5-9(13)6-8-10/h1,5-8,12-13H,2-3H3. The maximum absolute atomic E-state index is 11.8. The summed E-state index contributed by atoms with van der Waals surface area (Å²) in [5, 5.41) is 9.05. The monoisotopic (exact) mass is 239 g/mol. The molecule has 0 radical (unpaired) electrons. The number of terminal acetylenes is 1. The summed E-state index contributed by atoms with van der Waals surface area (Å²) in [5.41, 5.74) is -0.948. The SMILES string of the molecule is C#CC(C)(C)NS(=O)(=O)c1ccc(O)cc1. The molecule has 0 fully saturated rings. The highest BCUT2D eigenvalue weighted by Crippen LogP contribution is 2.16. The van der Waals surface area contributed by atoms with Crippen LogP contribution < -0.4 is 4.72 Å². The first-order valence-corrected chi connectivity index (χ1v) is 6.06. The van der Waals surface area contributed by atoms with E-state index >= 15 is 0 Å². The van der Waals surface area contributed by atoms with Gasteiger partial charge in [0.1, 0.15) is 5.75 Å². The van der Waals surface area contributed by atoms with Crippen molar-refractivity contribution < 1.29 is 13.5 Å². The third-order valence-corrected chi connectivity index (χ3v) is 3.57. The van der Waals surface area contributed by atoms with Gasteiger partial charge in [0, 0.05) is 0 Å². The van der Waals surface area contributed by atoms with Gasteiger partial charge in [-0.15, -0.1) is 6.42 Å². The Kier molecular flexibility index (Phi) is 3.27. The second kappa shape index (κ2) is 4.16. The molecule has 86 valence electrons. The molecule has 0 aliphatic carbocycles. The minimum Gasteiger partial charge on any atom is -0.508 e. The number of benzene rings is 1. The lowest BCUT2D eigenvalue weighted by molar-refractivity contribution is 0.474. The molecule has 0 heterocycles. The Labute approximate surface area is 95.4 Å². The number of aromatic hydroxyl groups is 1. The van der Waals surface area contributed by atoms with Gasteiger partial charge in [-0.05, 0) is 38.1 Å². The van der Waals surface area contributed by atoms with Gasteiger partial charge in [-0.25, -0.2) is 8.42 Å². The van der Waals surface area contributed by atoms with Crippen LogP contribution in [0.15, 0.2) is 29.2 Å². The van der Waals surface area contributed by atoms with Crippen LogP contribution in [-0.4, -0.2) is 19.1 Å². The van der Waals surface area contributed by atoms with Gasteiger partial charge in [-0.2, -0.15) is 4.72 Å². The number of nitrogens with one attached hydrogen (secondary N) is 1. The number of hydrogen-bond acceptors (Lipinski definition) is 3. The molecule has 0 aromatic heterocycles. The van der Waals surface area contributed by atoms with Crippen LogP contribution in [0.4, 0.5) is 0 Å². The molecular weight excluding hydrogens is 226 g/mol. The van der Waals surface area contributed by atoms with Crippen LogP contribution in [0, 0.1) is 12.3 Å². The fourth-order valence-corrected chi connectivity index (χ4v) is 2.39. The van der Waals surface area contributed by atoms with E-state index in [1.54, 1.807) is 13.8 Å². The van der Waals surface area contributed by atoms with Crippen LogP contribution in [0.2, 0.25) is 0 Å². The molecule has 5 heteroatoms. The molecule has 2 N–H and O–H groups in total. The molecule has 16 heavy (non-hydrogen) atoms. The van der Waals surface area contributed by atoms with Crippen molar-refractivity contribution in [2.24, 2.45) is 0 Å². The summed E-state index contributed by atoms with van der Waals surface area (Å²) in [6.07, 6.45) is 5.20. The summed E-state index contributed by atoms with van der Waals surface area (Å²) in [5.74, 6) is 2.35. The number of phenolic OH excluding ortho intramolecular Hbond substituents is 1. The molecule has 0 spiro atoms. The molecule has 0 atom stereocenters. The number of rotatable bonds is 3. The Morgan fingerprint density at radius 3 is 2.25 bits per heavy atom. The Morgan fingerprint density at radius 2 is 1.81 bits per heavy atom. The normalized spacial score (nSPS) is 12.1. The van der Waals surface area contributed by atoms with E-state index in [4.69, 9.17) is 11.5 Å². The van der Waals surface area contributed by atoms with Crippen LogP contribution in [0.3, 0.4) is 0 Å². The van der Waals surface area contributed by atoms with Crippen molar-refractivity contribution in [3.05, 3.63) is 24.3 Å². The van der Waals surface area contributed by atoms with Gasteiger partial charge < -0.3 is 5.11 Å². The summed E-state index contributed by atoms with van der Waals surface area (Å²) in [4.78, 5) is 0.0635. The van der Waals surface area contributed by atoms with E-state index in [1.165, 1.54) is 24.3 Å². The average molecular weight is 239 g/mol. The predicted molar refractivity (Wildman–Crippen MR) is 61.3 cm³/mol. The lowest BCUT2D eigenvalue weighted by atomic mass is 10.1. The lowest BCUT2D eigenvalue weighted by Crippen LogP contribution is -2.41. The summed E-state index contributed by atoms with van der Waals surface area (Å²) >= 11 is 0. The highest BCUT2D eigenvalue weighted by molar-refractivity contribution is 7.89. The Hall–Kier alpha value is -1.51. The average Bonchev–Trinajstić information content (AvgIpc) is 2.17. The molecule has 0 bridgehead atoms. The molecule has 4 nitrogen and oxygen atoms in total. The topological polar surface area (TPSA) is 66.4 Å². The van der Waals surface area contributed by atoms with Crippen LogP contribution in [-0.2, 0) is 10.0 Å². The van der Waals surface area contributed by atoms with Gasteiger partial charge in [0.15, 0.2) is 0 Å². The zero-order valence-electron chi connectivity index (χ0n) is 9.06. The summed E-state index contributed by atoms with van der Waals surface area (Å²) < 4.78 is 26.0. The van der Waals surface area contributed by atoms with Crippen molar-refractivity contribution in [2.75, 3.05) is 0 Å². The zero-order chi connectivity index (χ0) is 12.4. The number of sulfonamides is 1. The van der Waals surface area contributed by atoms with Crippen molar-refractivity contribution in [2.45, 2.75) is 24.3 Å². The minimum atomic E-state index is -3.65. The molecule has 0 amide bonds. The van der Waals surface area contributed by atoms with Crippen molar-refractivity contribution in [1.29, 1.82) is 0 Å². The molecule has 0 aliphatic rings. The van der Waals surface area contributed by atoms with E-state index in [9.17, 15) is 8.42 Å². The van der Waals surface area contributed by atoms with Crippen molar-refractivity contribution in [3.63, 3.8) is 0 Å². The first-order valence-electron chi connectivity index (χ1n) is 4.58. The fourth-order valence-electron chi connectivity index (χ4n) is 1.05. The molecule has 1 aromatic rings. The summed E-state index contributed by atoms with van der Waals surface area (Å²) in [6.45, 7) is 3.18. The zero-order valence-corrected chi connectivity index (χ0v) is 9.88. The largest absolute Gasteiger partial charge is 0.508 e. The molecule has 1 aromatic carbocycles. The van der Waals surface area contributed by atoms with Gasteiger partial charge in [-0.3, -0.25) is 0 Å². The van der Waals surface area contributed by atoms with Gasteiger partial charge >= 0.3 is 0 Å². The highest BCUT2D eigenvalue weighted by Gasteiger charge is 2.23. The van der Waals surface area contributed by atoms with E-state index < -0.39 is 15.6 Å². The van der Waals surface area contributed by atoms with Gasteiger partial charge in [0.2, 0.25) is 10.0 Å². The molecule has 0 saturated heterocycles. The molecule has 0 aliphatic heterocycles. The van der Waals surface area contributed by atoms with Gasteiger partial charge in [-0.1, -0.05) is 5.92 Å². The van der Waals surface area contributed by atoms with Crippen molar-refractivity contribution >= 4 is 10.0 Å². The Bertz CT molecular complexity index is 509. The second-order valence-corrected chi connectivity index (χ2v) is 5.55. The van der Waals surface area contributed by atoms with E-state index in [2.05, 4.69) is 10.6 Å². The first-order chi connectivity index (χ1) is 7.27. The Balaban J connectivity index is 3.05. The third kappa shape index (κ3) is 2.99. The van der Waals surface area contributed by atoms with Crippen LogP contribution in [0.25, 0.3) is 0 Å². The third-order valence-electron chi connectivity index (χ3n) is 1.90. The van der Waals surface area contributed by atoms with E-state index in [0.717, 1.165) is 0 Å². The molecule has 0 unspecified atom stereocenters. The van der Waals surface area contributed by atoms with Gasteiger partial charge in [0.25, 0.3) is 0 Å². The molecule has 0 saturated carbocycles. The van der Waals surface area contributed by atoms with E-state index in [1.807, 2.05) is 0 Å². The van der Waals surface area contributed by atoms with E-state index in [-0.39, 0.29) is 10.6 Å². The lowest BCUT2D eigenvalue weighted by Gasteiger charge is -2.19. The number of hydrogen-bond donors (Lipinski definition) is 2. The summed E-state index contributed by atoms with van der Waals surface area (Å²) in [7, 11) is -3.65. The molecular formula is C11H13NO3S. The maximum atomic E-state index is 11.8. The Morgan fingerprint density at radius 1 is 1.31 bits per heavy atom. The maximum Gasteiger partial charge on any atom is 0.241 e. The smallest absolute Gasteiger partial charge is 0.241 e. The van der Waals surface area contributed by atoms with Crippen molar-refractivity contribution in [1.82, 2.24) is 4.72 Å². The molecule has 1 rings (SSSR count). The quantitative estimate of drug-likeness (QED) is 0.776. The fraction of sp³-hybridized carbons (Fsp3) is 0.273. The van der Waals surface area contributed by atoms with Crippen LogP contribution >= 0.6 is 0 Å². The van der Waals surface area contributed by atoms with Crippen LogP contribution in [0.5, 0.6) is 5.75 Å². The van der Waals surface area contributed by atoms with Crippen molar-refractivity contribution in [3.8, 4) is 18.1 Å². The minimum absolute atomic E-state index is 0.00941. The first kappa shape index (κ1) is 12.6. The van der Waals surface area contributed by atoms with E-state index in [0.29, 0.717) is 0 Å². The predicted octanol–water partition coefficient (Wildman–Crippen LogP) is 1.08. The highest BCUT2D eigenvalue weighted by atomic mass is 32.2. The number of phenols is 1.